The summed E-state index contributed by atoms with van der Waals surface area (Å²) in [5.74, 6) is 1.77. The summed E-state index contributed by atoms with van der Waals surface area (Å²) in [5.41, 5.74) is 3.10. The minimum absolute atomic E-state index is 0.0593. The number of nitrogens with zero attached hydrogens (tertiary/aromatic N) is 1. The Hall–Kier alpha value is -1.84. The molecule has 0 saturated carbocycles. The molecule has 0 saturated heterocycles. The first-order valence-electron chi connectivity index (χ1n) is 17.0. The molecule has 0 aromatic heterocycles. The smallest absolute Gasteiger partial charge is 0.185 e. The van der Waals surface area contributed by atoms with Gasteiger partial charge in [0.2, 0.25) is 0 Å². The van der Waals surface area contributed by atoms with Crippen LogP contribution in [-0.2, 0) is 6.54 Å². The van der Waals surface area contributed by atoms with E-state index in [1.54, 1.807) is 6.08 Å². The summed E-state index contributed by atoms with van der Waals surface area (Å²) < 4.78 is 0.221. The molecule has 0 aliphatic carbocycles. The first-order valence-corrected chi connectivity index (χ1v) is 17.8. The minimum atomic E-state index is 0.0593. The highest BCUT2D eigenvalue weighted by Crippen LogP contribution is 2.37. The fraction of sp³-hybridized carbons (Fsp3) is 0.615. The van der Waals surface area contributed by atoms with Gasteiger partial charge in [0.15, 0.2) is 5.78 Å². The van der Waals surface area contributed by atoms with Crippen LogP contribution in [0.2, 0.25) is 0 Å². The van der Waals surface area contributed by atoms with Crippen LogP contribution in [0.3, 0.4) is 0 Å². The van der Waals surface area contributed by atoms with E-state index in [1.807, 2.05) is 30.0 Å². The molecule has 2 atom stereocenters. The standard InChI is InChI=1S/C39H61NOS/c1-8-11-29-40(30-12-9-2)31-35-18-23-36(24-19-35)38(41)27-22-34-20-25-37(26-21-34)42-39(6,7)28-14-17-33(5)16-13-15-32(4)10-3/h18-27,32-33H,8-17,28-31H2,1-7H3/b27-22+. The maximum Gasteiger partial charge on any atom is 0.185 e. The Kier molecular flexibility index (Phi) is 17.5. The zero-order valence-electron chi connectivity index (χ0n) is 28.1. The lowest BCUT2D eigenvalue weighted by Gasteiger charge is -2.25. The van der Waals surface area contributed by atoms with Crippen LogP contribution in [-0.4, -0.2) is 28.5 Å². The molecule has 3 heteroatoms. The van der Waals surface area contributed by atoms with Gasteiger partial charge in [0, 0.05) is 21.8 Å². The third-order valence-corrected chi connectivity index (χ3v) is 9.83. The van der Waals surface area contributed by atoms with Gasteiger partial charge in [0.05, 0.1) is 0 Å². The maximum absolute atomic E-state index is 12.8. The number of hydrogen-bond donors (Lipinski definition) is 0. The van der Waals surface area contributed by atoms with Crippen LogP contribution in [0, 0.1) is 11.8 Å². The van der Waals surface area contributed by atoms with E-state index in [0.717, 1.165) is 42.6 Å². The highest BCUT2D eigenvalue weighted by Gasteiger charge is 2.19. The monoisotopic (exact) mass is 591 g/mol. The predicted molar refractivity (Wildman–Crippen MR) is 188 cm³/mol. The van der Waals surface area contributed by atoms with Crippen molar-refractivity contribution in [3.63, 3.8) is 0 Å². The lowest BCUT2D eigenvalue weighted by Crippen LogP contribution is -2.25. The van der Waals surface area contributed by atoms with E-state index >= 15 is 0 Å². The van der Waals surface area contributed by atoms with Crippen molar-refractivity contribution in [3.8, 4) is 0 Å². The molecule has 2 unspecified atom stereocenters. The molecule has 0 aliphatic heterocycles. The molecule has 0 fully saturated rings. The highest BCUT2D eigenvalue weighted by molar-refractivity contribution is 8.00. The Bertz CT molecular complexity index is 1020. The lowest BCUT2D eigenvalue weighted by molar-refractivity contribution is 0.104. The minimum Gasteiger partial charge on any atom is -0.299 e. The van der Waals surface area contributed by atoms with Gasteiger partial charge >= 0.3 is 0 Å². The van der Waals surface area contributed by atoms with Crippen molar-refractivity contribution >= 4 is 23.6 Å². The highest BCUT2D eigenvalue weighted by atomic mass is 32.2. The van der Waals surface area contributed by atoms with E-state index in [-0.39, 0.29) is 10.5 Å². The quantitative estimate of drug-likeness (QED) is 0.0771. The number of carbonyl (C=O) groups is 1. The summed E-state index contributed by atoms with van der Waals surface area (Å²) in [5, 5.41) is 0. The van der Waals surface area contributed by atoms with Crippen molar-refractivity contribution in [1.82, 2.24) is 4.90 Å². The number of carbonyl (C=O) groups excluding carboxylic acids is 1. The SMILES string of the molecule is CCCCN(CCCC)Cc1ccc(C(=O)/C=C/c2ccc(SC(C)(C)CCCC(C)CCCC(C)CC)cc2)cc1. The molecule has 2 nitrogen and oxygen atoms in total. The summed E-state index contributed by atoms with van der Waals surface area (Å²) in [6, 6.07) is 16.9. The summed E-state index contributed by atoms with van der Waals surface area (Å²) in [6.45, 7) is 19.6. The van der Waals surface area contributed by atoms with Crippen LogP contribution >= 0.6 is 11.8 Å². The third-order valence-electron chi connectivity index (χ3n) is 8.57. The fourth-order valence-electron chi connectivity index (χ4n) is 5.39. The average Bonchev–Trinajstić information content (AvgIpc) is 2.97. The van der Waals surface area contributed by atoms with Gasteiger partial charge in [0.25, 0.3) is 0 Å². The Balaban J connectivity index is 1.81. The molecular formula is C39H61NOS. The largest absolute Gasteiger partial charge is 0.299 e. The van der Waals surface area contributed by atoms with Crippen LogP contribution in [0.15, 0.2) is 59.5 Å². The second-order valence-electron chi connectivity index (χ2n) is 13.3. The number of benzene rings is 2. The van der Waals surface area contributed by atoms with Crippen molar-refractivity contribution < 1.29 is 4.79 Å². The summed E-state index contributed by atoms with van der Waals surface area (Å²) >= 11 is 1.97. The van der Waals surface area contributed by atoms with Gasteiger partial charge in [0.1, 0.15) is 0 Å². The Morgan fingerprint density at radius 3 is 2.00 bits per heavy atom. The van der Waals surface area contributed by atoms with E-state index in [1.165, 1.54) is 81.1 Å². The molecule has 42 heavy (non-hydrogen) atoms. The van der Waals surface area contributed by atoms with Crippen LogP contribution < -0.4 is 0 Å². The van der Waals surface area contributed by atoms with Crippen LogP contribution in [0.25, 0.3) is 6.08 Å². The van der Waals surface area contributed by atoms with Gasteiger partial charge in [-0.25, -0.2) is 0 Å². The Labute approximate surface area is 264 Å². The van der Waals surface area contributed by atoms with Gasteiger partial charge in [-0.05, 0) is 73.5 Å². The van der Waals surface area contributed by atoms with Crippen LogP contribution in [0.5, 0.6) is 0 Å². The number of allylic oxidation sites excluding steroid dienone is 1. The van der Waals surface area contributed by atoms with E-state index in [2.05, 4.69) is 89.8 Å². The third kappa shape index (κ3) is 15.1. The molecule has 2 rings (SSSR count). The average molecular weight is 592 g/mol. The van der Waals surface area contributed by atoms with Crippen molar-refractivity contribution in [2.75, 3.05) is 13.1 Å². The van der Waals surface area contributed by atoms with E-state index in [9.17, 15) is 4.79 Å². The van der Waals surface area contributed by atoms with Gasteiger partial charge in [-0.3, -0.25) is 9.69 Å². The van der Waals surface area contributed by atoms with Crippen molar-refractivity contribution in [2.24, 2.45) is 11.8 Å². The van der Waals surface area contributed by atoms with Crippen LogP contribution in [0.4, 0.5) is 0 Å². The predicted octanol–water partition coefficient (Wildman–Crippen LogP) is 11.9. The van der Waals surface area contributed by atoms with E-state index in [4.69, 9.17) is 0 Å². The first-order chi connectivity index (χ1) is 20.2. The number of thioether (sulfide) groups is 1. The van der Waals surface area contributed by atoms with Crippen molar-refractivity contribution in [3.05, 3.63) is 71.3 Å². The number of unbranched alkanes of at least 4 members (excludes halogenated alkanes) is 2. The molecule has 0 aliphatic rings. The molecule has 0 bridgehead atoms. The molecule has 0 amide bonds. The second-order valence-corrected chi connectivity index (χ2v) is 15.0. The van der Waals surface area contributed by atoms with Crippen molar-refractivity contribution in [1.29, 1.82) is 0 Å². The maximum atomic E-state index is 12.8. The number of rotatable bonds is 22. The molecule has 2 aromatic carbocycles. The second kappa shape index (κ2) is 20.2. The summed E-state index contributed by atoms with van der Waals surface area (Å²) in [6.07, 6.45) is 17.9. The topological polar surface area (TPSA) is 20.3 Å². The zero-order chi connectivity index (χ0) is 30.8. The van der Waals surface area contributed by atoms with E-state index < -0.39 is 0 Å². The lowest BCUT2D eigenvalue weighted by atomic mass is 9.93. The van der Waals surface area contributed by atoms with Gasteiger partial charge in [-0.1, -0.05) is 142 Å². The Morgan fingerprint density at radius 1 is 0.810 bits per heavy atom. The molecule has 0 radical (unpaired) electrons. The molecule has 0 heterocycles. The van der Waals surface area contributed by atoms with Gasteiger partial charge in [-0.2, -0.15) is 0 Å². The molecular weight excluding hydrogens is 531 g/mol. The van der Waals surface area contributed by atoms with Crippen LogP contribution in [0.1, 0.15) is 141 Å². The summed E-state index contributed by atoms with van der Waals surface area (Å²) in [4.78, 5) is 16.7. The van der Waals surface area contributed by atoms with Gasteiger partial charge in [-0.15, -0.1) is 11.8 Å². The zero-order valence-corrected chi connectivity index (χ0v) is 28.9. The molecule has 0 N–H and O–H groups in total. The fourth-order valence-corrected chi connectivity index (χ4v) is 6.55. The summed E-state index contributed by atoms with van der Waals surface area (Å²) in [7, 11) is 0. The van der Waals surface area contributed by atoms with Gasteiger partial charge < -0.3 is 0 Å². The molecule has 234 valence electrons. The first kappa shape index (κ1) is 36.4. The molecule has 2 aromatic rings. The molecule has 0 spiro atoms. The van der Waals surface area contributed by atoms with E-state index in [0.29, 0.717) is 0 Å². The Morgan fingerprint density at radius 2 is 1.40 bits per heavy atom. The van der Waals surface area contributed by atoms with Crippen molar-refractivity contribution in [2.45, 2.75) is 135 Å². The normalized spacial score (nSPS) is 13.6. The number of hydrogen-bond acceptors (Lipinski definition) is 3. The number of ketones is 1.